The van der Waals surface area contributed by atoms with Gasteiger partial charge in [0.1, 0.15) is 12.2 Å². The highest BCUT2D eigenvalue weighted by atomic mass is 35.5. The van der Waals surface area contributed by atoms with Gasteiger partial charge in [-0.05, 0) is 6.42 Å². The van der Waals surface area contributed by atoms with Gasteiger partial charge in [-0.2, -0.15) is 5.10 Å². The van der Waals surface area contributed by atoms with Crippen LogP contribution in [0.2, 0.25) is 0 Å². The summed E-state index contributed by atoms with van der Waals surface area (Å²) in [4.78, 5) is 4.15. The van der Waals surface area contributed by atoms with E-state index in [4.69, 9.17) is 11.6 Å². The SMILES string of the molecule is C=C(Cl)CNCc1ncnn1CCC. The number of aromatic nitrogens is 3. The van der Waals surface area contributed by atoms with Crippen LogP contribution in [0, 0.1) is 0 Å². The Bertz CT molecular complexity index is 295. The minimum atomic E-state index is 0.598. The molecule has 1 rings (SSSR count). The van der Waals surface area contributed by atoms with Crippen LogP contribution in [0.15, 0.2) is 17.9 Å². The summed E-state index contributed by atoms with van der Waals surface area (Å²) in [6.07, 6.45) is 2.63. The summed E-state index contributed by atoms with van der Waals surface area (Å²) >= 11 is 5.62. The molecule has 1 aromatic rings. The Labute approximate surface area is 89.0 Å². The zero-order valence-electron chi connectivity index (χ0n) is 8.33. The van der Waals surface area contributed by atoms with Gasteiger partial charge in [0.15, 0.2) is 0 Å². The van der Waals surface area contributed by atoms with Gasteiger partial charge in [-0.1, -0.05) is 25.1 Å². The van der Waals surface area contributed by atoms with E-state index in [0.29, 0.717) is 18.1 Å². The molecule has 1 aromatic heterocycles. The highest BCUT2D eigenvalue weighted by Gasteiger charge is 2.01. The van der Waals surface area contributed by atoms with Gasteiger partial charge < -0.3 is 5.32 Å². The van der Waals surface area contributed by atoms with Gasteiger partial charge in [-0.15, -0.1) is 0 Å². The van der Waals surface area contributed by atoms with E-state index < -0.39 is 0 Å². The third-order valence-electron chi connectivity index (χ3n) is 1.73. The zero-order chi connectivity index (χ0) is 10.4. The lowest BCUT2D eigenvalue weighted by molar-refractivity contribution is 0.550. The van der Waals surface area contributed by atoms with Crippen molar-refractivity contribution >= 4 is 11.6 Å². The van der Waals surface area contributed by atoms with Crippen LogP contribution in [0.25, 0.3) is 0 Å². The number of hydrogen-bond donors (Lipinski definition) is 1. The molecule has 0 radical (unpaired) electrons. The average Bonchev–Trinajstić information content (AvgIpc) is 2.53. The average molecular weight is 215 g/mol. The van der Waals surface area contributed by atoms with Crippen LogP contribution in [-0.2, 0) is 13.1 Å². The maximum atomic E-state index is 5.62. The van der Waals surface area contributed by atoms with E-state index in [9.17, 15) is 0 Å². The molecule has 4 nitrogen and oxygen atoms in total. The van der Waals surface area contributed by atoms with Crippen molar-refractivity contribution in [3.8, 4) is 0 Å². The fourth-order valence-electron chi connectivity index (χ4n) is 1.13. The lowest BCUT2D eigenvalue weighted by atomic mass is 10.4. The molecule has 0 aliphatic heterocycles. The van der Waals surface area contributed by atoms with Gasteiger partial charge in [0, 0.05) is 18.1 Å². The molecule has 14 heavy (non-hydrogen) atoms. The van der Waals surface area contributed by atoms with Crippen LogP contribution in [0.5, 0.6) is 0 Å². The Hall–Kier alpha value is -0.870. The Kier molecular flexibility index (Phi) is 4.62. The summed E-state index contributed by atoms with van der Waals surface area (Å²) in [5.41, 5.74) is 0. The van der Waals surface area contributed by atoms with Gasteiger partial charge in [-0.3, -0.25) is 0 Å². The first-order chi connectivity index (χ1) is 6.74. The van der Waals surface area contributed by atoms with Crippen molar-refractivity contribution in [2.45, 2.75) is 26.4 Å². The van der Waals surface area contributed by atoms with Gasteiger partial charge in [-0.25, -0.2) is 9.67 Å². The van der Waals surface area contributed by atoms with Crippen LogP contribution in [0.1, 0.15) is 19.2 Å². The summed E-state index contributed by atoms with van der Waals surface area (Å²) < 4.78 is 1.89. The molecule has 78 valence electrons. The van der Waals surface area contributed by atoms with E-state index in [-0.39, 0.29) is 0 Å². The molecule has 0 fully saturated rings. The molecule has 0 unspecified atom stereocenters. The summed E-state index contributed by atoms with van der Waals surface area (Å²) in [5.74, 6) is 0.935. The number of hydrogen-bond acceptors (Lipinski definition) is 3. The van der Waals surface area contributed by atoms with Crippen molar-refractivity contribution in [3.05, 3.63) is 23.8 Å². The van der Waals surface area contributed by atoms with Crippen molar-refractivity contribution in [1.29, 1.82) is 0 Å². The highest BCUT2D eigenvalue weighted by molar-refractivity contribution is 6.29. The molecule has 0 saturated heterocycles. The Morgan fingerprint density at radius 1 is 1.71 bits per heavy atom. The topological polar surface area (TPSA) is 42.7 Å². The standard InChI is InChI=1S/C9H15ClN4/c1-3-4-14-9(12-7-13-14)6-11-5-8(2)10/h7,11H,2-6H2,1H3. The second-order valence-electron chi connectivity index (χ2n) is 3.02. The second kappa shape index (κ2) is 5.78. The summed E-state index contributed by atoms with van der Waals surface area (Å²) in [6.45, 7) is 7.88. The summed E-state index contributed by atoms with van der Waals surface area (Å²) in [7, 11) is 0. The van der Waals surface area contributed by atoms with Crippen molar-refractivity contribution in [2.75, 3.05) is 6.54 Å². The first kappa shape index (κ1) is 11.2. The van der Waals surface area contributed by atoms with E-state index in [0.717, 1.165) is 18.8 Å². The van der Waals surface area contributed by atoms with E-state index in [1.54, 1.807) is 6.33 Å². The van der Waals surface area contributed by atoms with Crippen LogP contribution >= 0.6 is 11.6 Å². The third-order valence-corrected chi connectivity index (χ3v) is 1.86. The molecule has 0 bridgehead atoms. The predicted octanol–water partition coefficient (Wildman–Crippen LogP) is 1.53. The molecule has 0 amide bonds. The Morgan fingerprint density at radius 3 is 3.14 bits per heavy atom. The molecule has 0 aromatic carbocycles. The number of nitrogens with zero attached hydrogens (tertiary/aromatic N) is 3. The normalized spacial score (nSPS) is 10.4. The molecule has 0 saturated carbocycles. The summed E-state index contributed by atoms with van der Waals surface area (Å²) in [5, 5.41) is 7.85. The Balaban J connectivity index is 2.41. The monoisotopic (exact) mass is 214 g/mol. The highest BCUT2D eigenvalue weighted by Crippen LogP contribution is 1.97. The number of rotatable bonds is 6. The van der Waals surface area contributed by atoms with E-state index in [2.05, 4.69) is 28.9 Å². The zero-order valence-corrected chi connectivity index (χ0v) is 9.09. The molecule has 0 spiro atoms. The first-order valence-electron chi connectivity index (χ1n) is 4.64. The van der Waals surface area contributed by atoms with Gasteiger partial charge in [0.05, 0.1) is 6.54 Å². The van der Waals surface area contributed by atoms with Gasteiger partial charge >= 0.3 is 0 Å². The van der Waals surface area contributed by atoms with Gasteiger partial charge in [0.25, 0.3) is 0 Å². The first-order valence-corrected chi connectivity index (χ1v) is 5.02. The second-order valence-corrected chi connectivity index (χ2v) is 3.55. The molecule has 0 atom stereocenters. The molecule has 1 N–H and O–H groups in total. The smallest absolute Gasteiger partial charge is 0.140 e. The number of aryl methyl sites for hydroxylation is 1. The Morgan fingerprint density at radius 2 is 2.50 bits per heavy atom. The molecule has 0 aliphatic carbocycles. The van der Waals surface area contributed by atoms with E-state index >= 15 is 0 Å². The third kappa shape index (κ3) is 3.47. The maximum Gasteiger partial charge on any atom is 0.140 e. The lowest BCUT2D eigenvalue weighted by Gasteiger charge is -2.05. The predicted molar refractivity (Wildman–Crippen MR) is 57.0 cm³/mol. The lowest BCUT2D eigenvalue weighted by Crippen LogP contribution is -2.18. The van der Waals surface area contributed by atoms with E-state index in [1.165, 1.54) is 0 Å². The number of halogens is 1. The molecule has 0 aliphatic rings. The largest absolute Gasteiger partial charge is 0.305 e. The molecule has 1 heterocycles. The van der Waals surface area contributed by atoms with Crippen LogP contribution in [0.3, 0.4) is 0 Å². The fraction of sp³-hybridized carbons (Fsp3) is 0.556. The summed E-state index contributed by atoms with van der Waals surface area (Å²) in [6, 6.07) is 0. The minimum Gasteiger partial charge on any atom is -0.305 e. The van der Waals surface area contributed by atoms with Crippen LogP contribution < -0.4 is 5.32 Å². The van der Waals surface area contributed by atoms with Gasteiger partial charge in [0.2, 0.25) is 0 Å². The quantitative estimate of drug-likeness (QED) is 0.781. The van der Waals surface area contributed by atoms with Crippen molar-refractivity contribution in [3.63, 3.8) is 0 Å². The van der Waals surface area contributed by atoms with E-state index in [1.807, 2.05) is 4.68 Å². The fourth-order valence-corrected chi connectivity index (χ4v) is 1.23. The molecule has 5 heteroatoms. The molecular weight excluding hydrogens is 200 g/mol. The number of nitrogens with one attached hydrogen (secondary N) is 1. The minimum absolute atomic E-state index is 0.598. The van der Waals surface area contributed by atoms with Crippen LogP contribution in [0.4, 0.5) is 0 Å². The molecular formula is C9H15ClN4. The maximum absolute atomic E-state index is 5.62. The van der Waals surface area contributed by atoms with Crippen LogP contribution in [-0.4, -0.2) is 21.3 Å². The van der Waals surface area contributed by atoms with Crippen molar-refractivity contribution in [2.24, 2.45) is 0 Å². The van der Waals surface area contributed by atoms with Crippen molar-refractivity contribution < 1.29 is 0 Å². The van der Waals surface area contributed by atoms with Crippen molar-refractivity contribution in [1.82, 2.24) is 20.1 Å².